The number of hydrogen-bond acceptors (Lipinski definition) is 3. The lowest BCUT2D eigenvalue weighted by atomic mass is 9.76. The molecule has 3 saturated heterocycles. The summed E-state index contributed by atoms with van der Waals surface area (Å²) >= 11 is 0. The molecule has 3 fully saturated rings. The molecule has 2 atom stereocenters. The van der Waals surface area contributed by atoms with Crippen molar-refractivity contribution < 1.29 is 9.53 Å². The Kier molecular flexibility index (Phi) is 4.39. The lowest BCUT2D eigenvalue weighted by Crippen LogP contribution is -2.49. The summed E-state index contributed by atoms with van der Waals surface area (Å²) in [4.78, 5) is 14.3. The van der Waals surface area contributed by atoms with Crippen LogP contribution in [0.3, 0.4) is 0 Å². The number of carbonyl (C=O) groups excluding carboxylic acids is 1. The van der Waals surface area contributed by atoms with Gasteiger partial charge in [0.25, 0.3) is 0 Å². The number of hydrogen-bond donors (Lipinski definition) is 1. The van der Waals surface area contributed by atoms with E-state index in [1.54, 1.807) is 0 Å². The highest BCUT2D eigenvalue weighted by Gasteiger charge is 2.34. The molecule has 0 aromatic heterocycles. The summed E-state index contributed by atoms with van der Waals surface area (Å²) in [5, 5.41) is 2.96. The minimum absolute atomic E-state index is 0.195. The second-order valence-electron chi connectivity index (χ2n) is 7.18. The Bertz CT molecular complexity index is 317. The predicted molar refractivity (Wildman–Crippen MR) is 76.1 cm³/mol. The Morgan fingerprint density at radius 3 is 2.47 bits per heavy atom. The smallest absolute Gasteiger partial charge is 0.407 e. The zero-order valence-electron chi connectivity index (χ0n) is 12.7. The van der Waals surface area contributed by atoms with E-state index in [4.69, 9.17) is 4.74 Å². The van der Waals surface area contributed by atoms with E-state index in [9.17, 15) is 4.79 Å². The monoisotopic (exact) mass is 268 g/mol. The van der Waals surface area contributed by atoms with Gasteiger partial charge < -0.3 is 15.0 Å². The molecule has 3 aliphatic rings. The Balaban J connectivity index is 1.75. The third-order valence-electron chi connectivity index (χ3n) is 4.21. The van der Waals surface area contributed by atoms with Crippen LogP contribution in [0.25, 0.3) is 0 Å². The molecule has 4 heteroatoms. The molecular weight excluding hydrogens is 240 g/mol. The van der Waals surface area contributed by atoms with Crippen molar-refractivity contribution in [2.45, 2.75) is 58.6 Å². The van der Waals surface area contributed by atoms with E-state index in [2.05, 4.69) is 17.1 Å². The first-order valence-corrected chi connectivity index (χ1v) is 7.55. The SMILES string of the molecule is CC(CC1CN2CCC1CC2)NC(=O)OC(C)(C)C. The molecule has 4 nitrogen and oxygen atoms in total. The van der Waals surface area contributed by atoms with Crippen molar-refractivity contribution in [1.82, 2.24) is 10.2 Å². The second kappa shape index (κ2) is 5.70. The average Bonchev–Trinajstić information content (AvgIpc) is 2.27. The van der Waals surface area contributed by atoms with E-state index in [0.29, 0.717) is 0 Å². The third-order valence-corrected chi connectivity index (χ3v) is 4.21. The molecule has 0 aliphatic carbocycles. The molecule has 1 N–H and O–H groups in total. The van der Waals surface area contributed by atoms with Gasteiger partial charge in [0.1, 0.15) is 5.60 Å². The Morgan fingerprint density at radius 2 is 2.00 bits per heavy atom. The molecule has 0 saturated carbocycles. The van der Waals surface area contributed by atoms with Crippen LogP contribution in [0.2, 0.25) is 0 Å². The summed E-state index contributed by atoms with van der Waals surface area (Å²) in [6.07, 6.45) is 3.45. The largest absolute Gasteiger partial charge is 0.444 e. The zero-order valence-corrected chi connectivity index (χ0v) is 12.7. The number of carbonyl (C=O) groups is 1. The molecule has 19 heavy (non-hydrogen) atoms. The van der Waals surface area contributed by atoms with Crippen LogP contribution < -0.4 is 5.32 Å². The number of fused-ring (bicyclic) bond motifs is 3. The standard InChI is InChI=1S/C15H28N2O2/c1-11(16-14(18)19-15(2,3)4)9-13-10-17-7-5-12(13)6-8-17/h11-13H,5-10H2,1-4H3,(H,16,18). The van der Waals surface area contributed by atoms with Crippen molar-refractivity contribution in [2.75, 3.05) is 19.6 Å². The lowest BCUT2D eigenvalue weighted by molar-refractivity contribution is 0.0352. The predicted octanol–water partition coefficient (Wildman–Crippen LogP) is 2.63. The van der Waals surface area contributed by atoms with Gasteiger partial charge >= 0.3 is 6.09 Å². The summed E-state index contributed by atoms with van der Waals surface area (Å²) in [7, 11) is 0. The average molecular weight is 268 g/mol. The van der Waals surface area contributed by atoms with Crippen molar-refractivity contribution in [3.05, 3.63) is 0 Å². The summed E-state index contributed by atoms with van der Waals surface area (Å²) in [5.41, 5.74) is -0.417. The number of nitrogens with zero attached hydrogens (tertiary/aromatic N) is 1. The number of nitrogens with one attached hydrogen (secondary N) is 1. The first kappa shape index (κ1) is 14.6. The maximum Gasteiger partial charge on any atom is 0.407 e. The van der Waals surface area contributed by atoms with Gasteiger partial charge in [-0.15, -0.1) is 0 Å². The molecule has 0 spiro atoms. The molecule has 3 heterocycles. The summed E-state index contributed by atoms with van der Waals surface area (Å²) in [6, 6.07) is 0.195. The highest BCUT2D eigenvalue weighted by Crippen LogP contribution is 2.34. The van der Waals surface area contributed by atoms with Crippen LogP contribution in [0.1, 0.15) is 47.0 Å². The normalized spacial score (nSPS) is 31.9. The number of ether oxygens (including phenoxy) is 1. The molecule has 110 valence electrons. The highest BCUT2D eigenvalue weighted by molar-refractivity contribution is 5.68. The van der Waals surface area contributed by atoms with Gasteiger partial charge in [-0.1, -0.05) is 0 Å². The van der Waals surface area contributed by atoms with Gasteiger partial charge in [0.2, 0.25) is 0 Å². The minimum atomic E-state index is -0.417. The summed E-state index contributed by atoms with van der Waals surface area (Å²) in [5.74, 6) is 1.61. The number of amides is 1. The number of piperidine rings is 3. The lowest BCUT2D eigenvalue weighted by Gasteiger charge is -2.45. The van der Waals surface area contributed by atoms with Crippen molar-refractivity contribution in [3.63, 3.8) is 0 Å². The van der Waals surface area contributed by atoms with Gasteiger partial charge in [-0.3, -0.25) is 0 Å². The van der Waals surface area contributed by atoms with E-state index < -0.39 is 5.60 Å². The minimum Gasteiger partial charge on any atom is -0.444 e. The molecule has 0 aromatic rings. The van der Waals surface area contributed by atoms with Crippen molar-refractivity contribution in [3.8, 4) is 0 Å². The van der Waals surface area contributed by atoms with Crippen LogP contribution in [-0.2, 0) is 4.74 Å². The maximum absolute atomic E-state index is 11.7. The molecule has 3 rings (SSSR count). The molecule has 0 radical (unpaired) electrons. The van der Waals surface area contributed by atoms with Crippen LogP contribution in [-0.4, -0.2) is 42.3 Å². The van der Waals surface area contributed by atoms with Gasteiger partial charge in [-0.2, -0.15) is 0 Å². The molecular formula is C15H28N2O2. The summed E-state index contributed by atoms with van der Waals surface area (Å²) < 4.78 is 5.30. The fourth-order valence-electron chi connectivity index (χ4n) is 3.38. The molecule has 2 unspecified atom stereocenters. The van der Waals surface area contributed by atoms with Crippen molar-refractivity contribution >= 4 is 6.09 Å². The van der Waals surface area contributed by atoms with Crippen LogP contribution in [0, 0.1) is 11.8 Å². The molecule has 0 aromatic carbocycles. The second-order valence-corrected chi connectivity index (χ2v) is 7.18. The first-order valence-electron chi connectivity index (χ1n) is 7.55. The number of rotatable bonds is 3. The van der Waals surface area contributed by atoms with Gasteiger partial charge in [-0.05, 0) is 71.9 Å². The van der Waals surface area contributed by atoms with Crippen LogP contribution in [0.15, 0.2) is 0 Å². The molecule has 1 amide bonds. The molecule has 3 aliphatic heterocycles. The quantitative estimate of drug-likeness (QED) is 0.855. The van der Waals surface area contributed by atoms with Gasteiger partial charge in [0, 0.05) is 12.6 Å². The van der Waals surface area contributed by atoms with E-state index >= 15 is 0 Å². The maximum atomic E-state index is 11.7. The van der Waals surface area contributed by atoms with E-state index in [-0.39, 0.29) is 12.1 Å². The van der Waals surface area contributed by atoms with E-state index in [1.165, 1.54) is 32.5 Å². The van der Waals surface area contributed by atoms with Crippen molar-refractivity contribution in [2.24, 2.45) is 11.8 Å². The highest BCUT2D eigenvalue weighted by atomic mass is 16.6. The van der Waals surface area contributed by atoms with Gasteiger partial charge in [0.15, 0.2) is 0 Å². The Hall–Kier alpha value is -0.770. The Labute approximate surface area is 116 Å². The van der Waals surface area contributed by atoms with Crippen LogP contribution in [0.4, 0.5) is 4.79 Å². The number of alkyl carbamates (subject to hydrolysis) is 1. The Morgan fingerprint density at radius 1 is 1.37 bits per heavy atom. The zero-order chi connectivity index (χ0) is 14.0. The fourth-order valence-corrected chi connectivity index (χ4v) is 3.38. The van der Waals surface area contributed by atoms with Crippen LogP contribution in [0.5, 0.6) is 0 Å². The fraction of sp³-hybridized carbons (Fsp3) is 0.933. The summed E-state index contributed by atoms with van der Waals surface area (Å²) in [6.45, 7) is 11.5. The van der Waals surface area contributed by atoms with E-state index in [0.717, 1.165) is 18.3 Å². The molecule has 2 bridgehead atoms. The van der Waals surface area contributed by atoms with E-state index in [1.807, 2.05) is 20.8 Å². The van der Waals surface area contributed by atoms with Gasteiger partial charge in [0.05, 0.1) is 0 Å². The van der Waals surface area contributed by atoms with Gasteiger partial charge in [-0.25, -0.2) is 4.79 Å². The van der Waals surface area contributed by atoms with Crippen molar-refractivity contribution in [1.29, 1.82) is 0 Å². The topological polar surface area (TPSA) is 41.6 Å². The first-order chi connectivity index (χ1) is 8.83. The van der Waals surface area contributed by atoms with Crippen LogP contribution >= 0.6 is 0 Å². The third kappa shape index (κ3) is 4.37.